The average Bonchev–Trinajstić information content (AvgIpc) is 3.02. The predicted molar refractivity (Wildman–Crippen MR) is 54.1 cm³/mol. The molecule has 0 aromatic heterocycles. The molecule has 3 N–H and O–H groups in total. The van der Waals surface area contributed by atoms with Crippen molar-refractivity contribution in [2.75, 3.05) is 6.54 Å². The van der Waals surface area contributed by atoms with Gasteiger partial charge in [0.2, 0.25) is 0 Å². The lowest BCUT2D eigenvalue weighted by atomic mass is 10.1. The number of nitrogens with two attached hydrogens (primary N) is 1. The second kappa shape index (κ2) is 3.98. The van der Waals surface area contributed by atoms with Crippen molar-refractivity contribution >= 4 is 0 Å². The van der Waals surface area contributed by atoms with E-state index in [0.717, 1.165) is 24.2 Å². The van der Waals surface area contributed by atoms with Crippen LogP contribution in [-0.4, -0.2) is 17.8 Å². The maximum Gasteiger partial charge on any atom is 0.119 e. The lowest BCUT2D eigenvalue weighted by Gasteiger charge is -2.09. The van der Waals surface area contributed by atoms with E-state index in [1.54, 1.807) is 0 Å². The molecule has 0 saturated heterocycles. The third kappa shape index (κ3) is 2.25. The molecule has 1 aliphatic rings. The summed E-state index contributed by atoms with van der Waals surface area (Å²) in [7, 11) is 0. The number of aliphatic hydroxyl groups is 1. The molecule has 3 nitrogen and oxygen atoms in total. The van der Waals surface area contributed by atoms with E-state index in [0.29, 0.717) is 6.10 Å². The standard InChI is InChI=1S/C11H15NO2/c12-7-11(13)8-1-3-9(4-2-8)14-10-5-6-10/h1-4,10-11,13H,5-7,12H2. The third-order valence-corrected chi connectivity index (χ3v) is 2.32. The van der Waals surface area contributed by atoms with Crippen LogP contribution in [0.4, 0.5) is 0 Å². The number of benzene rings is 1. The summed E-state index contributed by atoms with van der Waals surface area (Å²) in [4.78, 5) is 0. The van der Waals surface area contributed by atoms with Crippen LogP contribution in [0.5, 0.6) is 5.75 Å². The number of ether oxygens (including phenoxy) is 1. The zero-order valence-corrected chi connectivity index (χ0v) is 8.02. The summed E-state index contributed by atoms with van der Waals surface area (Å²) in [6, 6.07) is 7.48. The Morgan fingerprint density at radius 2 is 2.00 bits per heavy atom. The minimum Gasteiger partial charge on any atom is -0.490 e. The van der Waals surface area contributed by atoms with E-state index in [4.69, 9.17) is 10.5 Å². The molecule has 1 atom stereocenters. The lowest BCUT2D eigenvalue weighted by Crippen LogP contribution is -2.11. The molecule has 76 valence electrons. The van der Waals surface area contributed by atoms with Crippen LogP contribution >= 0.6 is 0 Å². The molecule has 0 spiro atoms. The van der Waals surface area contributed by atoms with Gasteiger partial charge in [-0.2, -0.15) is 0 Å². The van der Waals surface area contributed by atoms with Crippen LogP contribution in [0.1, 0.15) is 24.5 Å². The summed E-state index contributed by atoms with van der Waals surface area (Å²) in [5.74, 6) is 0.875. The van der Waals surface area contributed by atoms with E-state index in [1.807, 2.05) is 24.3 Å². The molecule has 2 rings (SSSR count). The maximum absolute atomic E-state index is 9.45. The second-order valence-corrected chi connectivity index (χ2v) is 3.64. The van der Waals surface area contributed by atoms with Gasteiger partial charge in [0.15, 0.2) is 0 Å². The van der Waals surface area contributed by atoms with Crippen molar-refractivity contribution in [3.63, 3.8) is 0 Å². The Morgan fingerprint density at radius 1 is 1.36 bits per heavy atom. The summed E-state index contributed by atoms with van der Waals surface area (Å²) < 4.78 is 5.58. The van der Waals surface area contributed by atoms with Crippen LogP contribution in [0.2, 0.25) is 0 Å². The van der Waals surface area contributed by atoms with Crippen molar-refractivity contribution in [3.8, 4) is 5.75 Å². The second-order valence-electron chi connectivity index (χ2n) is 3.64. The van der Waals surface area contributed by atoms with Crippen molar-refractivity contribution in [1.82, 2.24) is 0 Å². The first-order valence-corrected chi connectivity index (χ1v) is 4.94. The van der Waals surface area contributed by atoms with E-state index in [-0.39, 0.29) is 6.54 Å². The molecule has 1 aromatic carbocycles. The predicted octanol–water partition coefficient (Wildman–Crippen LogP) is 1.22. The van der Waals surface area contributed by atoms with Gasteiger partial charge >= 0.3 is 0 Å². The van der Waals surface area contributed by atoms with Crippen LogP contribution in [0.3, 0.4) is 0 Å². The van der Waals surface area contributed by atoms with Gasteiger partial charge in [-0.3, -0.25) is 0 Å². The third-order valence-electron chi connectivity index (χ3n) is 2.32. The van der Waals surface area contributed by atoms with Crippen LogP contribution in [-0.2, 0) is 0 Å². The highest BCUT2D eigenvalue weighted by Crippen LogP contribution is 2.27. The Labute approximate surface area is 83.5 Å². The van der Waals surface area contributed by atoms with Crippen LogP contribution < -0.4 is 10.5 Å². The van der Waals surface area contributed by atoms with E-state index in [9.17, 15) is 5.11 Å². The van der Waals surface area contributed by atoms with E-state index in [2.05, 4.69) is 0 Å². The fourth-order valence-electron chi connectivity index (χ4n) is 1.28. The molecule has 1 aromatic rings. The number of aliphatic hydroxyl groups excluding tert-OH is 1. The maximum atomic E-state index is 9.45. The molecule has 1 unspecified atom stereocenters. The number of rotatable bonds is 4. The van der Waals surface area contributed by atoms with Gasteiger partial charge in [0.1, 0.15) is 5.75 Å². The number of hydrogen-bond acceptors (Lipinski definition) is 3. The van der Waals surface area contributed by atoms with Gasteiger partial charge in [-0.25, -0.2) is 0 Å². The van der Waals surface area contributed by atoms with Crippen LogP contribution in [0, 0.1) is 0 Å². The van der Waals surface area contributed by atoms with E-state index >= 15 is 0 Å². The normalized spacial score (nSPS) is 17.9. The van der Waals surface area contributed by atoms with Gasteiger partial charge in [-0.05, 0) is 30.5 Å². The molecule has 1 saturated carbocycles. The Hall–Kier alpha value is -1.06. The largest absolute Gasteiger partial charge is 0.490 e. The zero-order chi connectivity index (χ0) is 9.97. The molecule has 1 aliphatic carbocycles. The summed E-state index contributed by atoms with van der Waals surface area (Å²) >= 11 is 0. The Kier molecular flexibility index (Phi) is 2.70. The first kappa shape index (κ1) is 9.49. The van der Waals surface area contributed by atoms with Gasteiger partial charge in [0.05, 0.1) is 12.2 Å². The topological polar surface area (TPSA) is 55.5 Å². The molecule has 0 aliphatic heterocycles. The van der Waals surface area contributed by atoms with Crippen molar-refractivity contribution < 1.29 is 9.84 Å². The SMILES string of the molecule is NCC(O)c1ccc(OC2CC2)cc1. The Morgan fingerprint density at radius 3 is 2.50 bits per heavy atom. The smallest absolute Gasteiger partial charge is 0.119 e. The quantitative estimate of drug-likeness (QED) is 0.756. The van der Waals surface area contributed by atoms with Gasteiger partial charge in [0, 0.05) is 6.54 Å². The fourth-order valence-corrected chi connectivity index (χ4v) is 1.28. The minimum atomic E-state index is -0.565. The van der Waals surface area contributed by atoms with Crippen molar-refractivity contribution in [2.45, 2.75) is 25.0 Å². The molecule has 0 amide bonds. The van der Waals surface area contributed by atoms with Crippen molar-refractivity contribution in [2.24, 2.45) is 5.73 Å². The molecular weight excluding hydrogens is 178 g/mol. The monoisotopic (exact) mass is 193 g/mol. The minimum absolute atomic E-state index is 0.253. The highest BCUT2D eigenvalue weighted by Gasteiger charge is 2.23. The lowest BCUT2D eigenvalue weighted by molar-refractivity contribution is 0.186. The van der Waals surface area contributed by atoms with Crippen LogP contribution in [0.25, 0.3) is 0 Å². The molecule has 0 heterocycles. The summed E-state index contributed by atoms with van der Waals surface area (Å²) in [5, 5.41) is 9.45. The van der Waals surface area contributed by atoms with Gasteiger partial charge in [-0.15, -0.1) is 0 Å². The van der Waals surface area contributed by atoms with Gasteiger partial charge in [0.25, 0.3) is 0 Å². The molecule has 0 radical (unpaired) electrons. The van der Waals surface area contributed by atoms with Gasteiger partial charge in [-0.1, -0.05) is 12.1 Å². The Bertz CT molecular complexity index is 293. The van der Waals surface area contributed by atoms with Crippen molar-refractivity contribution in [1.29, 1.82) is 0 Å². The highest BCUT2D eigenvalue weighted by atomic mass is 16.5. The number of hydrogen-bond donors (Lipinski definition) is 2. The average molecular weight is 193 g/mol. The molecule has 3 heteroatoms. The highest BCUT2D eigenvalue weighted by molar-refractivity contribution is 5.29. The summed E-state index contributed by atoms with van der Waals surface area (Å²) in [5.41, 5.74) is 6.19. The van der Waals surface area contributed by atoms with E-state index < -0.39 is 6.10 Å². The molecule has 0 bridgehead atoms. The zero-order valence-electron chi connectivity index (χ0n) is 8.02. The summed E-state index contributed by atoms with van der Waals surface area (Å²) in [6.07, 6.45) is 2.17. The summed E-state index contributed by atoms with van der Waals surface area (Å²) in [6.45, 7) is 0.253. The fraction of sp³-hybridized carbons (Fsp3) is 0.455. The first-order chi connectivity index (χ1) is 6.79. The van der Waals surface area contributed by atoms with Gasteiger partial charge < -0.3 is 15.6 Å². The molecule has 1 fully saturated rings. The van der Waals surface area contributed by atoms with Crippen LogP contribution in [0.15, 0.2) is 24.3 Å². The molecule has 14 heavy (non-hydrogen) atoms. The molecular formula is C11H15NO2. The first-order valence-electron chi connectivity index (χ1n) is 4.94. The Balaban J connectivity index is 2.01. The van der Waals surface area contributed by atoms with Crippen molar-refractivity contribution in [3.05, 3.63) is 29.8 Å². The van der Waals surface area contributed by atoms with E-state index in [1.165, 1.54) is 0 Å².